The zero-order valence-corrected chi connectivity index (χ0v) is 17.9. The van der Waals surface area contributed by atoms with E-state index in [0.717, 1.165) is 4.47 Å². The number of hydrogen-bond acceptors (Lipinski definition) is 4. The van der Waals surface area contributed by atoms with E-state index in [1.54, 1.807) is 41.9 Å². The van der Waals surface area contributed by atoms with Crippen LogP contribution in [-0.2, 0) is 17.9 Å². The zero-order valence-electron chi connectivity index (χ0n) is 15.5. The van der Waals surface area contributed by atoms with Gasteiger partial charge in [0.2, 0.25) is 5.91 Å². The molecule has 0 bridgehead atoms. The normalized spacial score (nSPS) is 11.0. The van der Waals surface area contributed by atoms with Crippen LogP contribution < -0.4 is 5.56 Å². The molecule has 28 heavy (non-hydrogen) atoms. The van der Waals surface area contributed by atoms with E-state index in [4.69, 9.17) is 0 Å². The lowest BCUT2D eigenvalue weighted by molar-refractivity contribution is -0.127. The summed E-state index contributed by atoms with van der Waals surface area (Å²) in [6.45, 7) is 2.50. The fourth-order valence-corrected chi connectivity index (χ4v) is 4.13. The lowest BCUT2D eigenvalue weighted by atomic mass is 10.2. The molecule has 146 valence electrons. The van der Waals surface area contributed by atoms with Crippen LogP contribution >= 0.6 is 27.7 Å². The van der Waals surface area contributed by atoms with Gasteiger partial charge in [0.25, 0.3) is 5.56 Å². The van der Waals surface area contributed by atoms with Gasteiger partial charge in [-0.15, -0.1) is 0 Å². The average Bonchev–Trinajstić information content (AvgIpc) is 2.68. The number of halogens is 2. The van der Waals surface area contributed by atoms with Gasteiger partial charge in [0.15, 0.2) is 5.16 Å². The Kier molecular flexibility index (Phi) is 6.51. The molecule has 0 fully saturated rings. The number of carbonyl (C=O) groups is 1. The highest BCUT2D eigenvalue weighted by Gasteiger charge is 2.16. The first kappa shape index (κ1) is 20.5. The van der Waals surface area contributed by atoms with E-state index in [0.29, 0.717) is 28.2 Å². The smallest absolute Gasteiger partial charge is 0.262 e. The summed E-state index contributed by atoms with van der Waals surface area (Å²) in [4.78, 5) is 31.2. The average molecular weight is 464 g/mol. The topological polar surface area (TPSA) is 55.2 Å². The molecule has 0 aliphatic rings. The summed E-state index contributed by atoms with van der Waals surface area (Å²) in [7, 11) is 1.63. The third-order valence-electron chi connectivity index (χ3n) is 4.31. The summed E-state index contributed by atoms with van der Waals surface area (Å²) in [6.07, 6.45) is 0. The number of aromatic nitrogens is 2. The van der Waals surface area contributed by atoms with E-state index < -0.39 is 0 Å². The molecule has 0 saturated heterocycles. The molecule has 5 nitrogen and oxygen atoms in total. The Balaban J connectivity index is 1.77. The molecule has 0 aliphatic heterocycles. The van der Waals surface area contributed by atoms with E-state index in [2.05, 4.69) is 20.9 Å². The van der Waals surface area contributed by atoms with Crippen LogP contribution in [0.2, 0.25) is 0 Å². The molecule has 3 aromatic rings. The Morgan fingerprint density at radius 1 is 1.29 bits per heavy atom. The second kappa shape index (κ2) is 8.87. The lowest BCUT2D eigenvalue weighted by Crippen LogP contribution is -2.29. The maximum absolute atomic E-state index is 13.8. The van der Waals surface area contributed by atoms with Crippen LogP contribution in [0, 0.1) is 5.82 Å². The molecule has 1 aromatic heterocycles. The molecule has 8 heteroatoms. The zero-order chi connectivity index (χ0) is 20.3. The van der Waals surface area contributed by atoms with Crippen LogP contribution in [-0.4, -0.2) is 33.2 Å². The number of carbonyl (C=O) groups excluding carboxylic acids is 1. The van der Waals surface area contributed by atoms with E-state index in [1.165, 1.54) is 22.7 Å². The molecule has 1 amide bonds. The van der Waals surface area contributed by atoms with Gasteiger partial charge in [-0.3, -0.25) is 14.2 Å². The van der Waals surface area contributed by atoms with Crippen molar-refractivity contribution < 1.29 is 9.18 Å². The predicted molar refractivity (Wildman–Crippen MR) is 113 cm³/mol. The van der Waals surface area contributed by atoms with Gasteiger partial charge in [0.1, 0.15) is 5.82 Å². The van der Waals surface area contributed by atoms with Crippen molar-refractivity contribution >= 4 is 44.5 Å². The van der Waals surface area contributed by atoms with Gasteiger partial charge in [-0.2, -0.15) is 0 Å². The number of hydrogen-bond donors (Lipinski definition) is 0. The van der Waals surface area contributed by atoms with Gasteiger partial charge in [-0.25, -0.2) is 9.37 Å². The largest absolute Gasteiger partial charge is 0.341 e. The lowest BCUT2D eigenvalue weighted by Gasteiger charge is -2.18. The van der Waals surface area contributed by atoms with Crippen molar-refractivity contribution in [1.82, 2.24) is 14.5 Å². The van der Waals surface area contributed by atoms with Crippen LogP contribution in [0.15, 0.2) is 56.9 Å². The first-order valence-corrected chi connectivity index (χ1v) is 10.5. The SMILES string of the molecule is CCn1c(SCC(=O)N(C)Cc2ccccc2F)nc2ccc(Br)cc2c1=O. The molecule has 0 saturated carbocycles. The minimum Gasteiger partial charge on any atom is -0.341 e. The van der Waals surface area contributed by atoms with Gasteiger partial charge in [0.05, 0.1) is 16.7 Å². The minimum absolute atomic E-state index is 0.111. The van der Waals surface area contributed by atoms with Crippen LogP contribution in [0.25, 0.3) is 10.9 Å². The number of thioether (sulfide) groups is 1. The molecule has 2 aromatic carbocycles. The molecule has 0 N–H and O–H groups in total. The van der Waals surface area contributed by atoms with Gasteiger partial charge in [0, 0.05) is 30.2 Å². The fraction of sp³-hybridized carbons (Fsp3) is 0.250. The molecular weight excluding hydrogens is 445 g/mol. The maximum atomic E-state index is 13.8. The quantitative estimate of drug-likeness (QED) is 0.408. The van der Waals surface area contributed by atoms with Gasteiger partial charge >= 0.3 is 0 Å². The van der Waals surface area contributed by atoms with Crippen LogP contribution in [0.4, 0.5) is 4.39 Å². The van der Waals surface area contributed by atoms with Crippen molar-refractivity contribution in [3.63, 3.8) is 0 Å². The second-order valence-electron chi connectivity index (χ2n) is 6.24. The minimum atomic E-state index is -0.336. The van der Waals surface area contributed by atoms with E-state index in [9.17, 15) is 14.0 Å². The summed E-state index contributed by atoms with van der Waals surface area (Å²) in [5.74, 6) is -0.391. The number of rotatable bonds is 6. The Labute approximate surface area is 174 Å². The molecule has 0 radical (unpaired) electrons. The number of amides is 1. The van der Waals surface area contributed by atoms with Crippen molar-refractivity contribution in [2.75, 3.05) is 12.8 Å². The summed E-state index contributed by atoms with van der Waals surface area (Å²) >= 11 is 4.58. The molecule has 0 atom stereocenters. The standard InChI is InChI=1S/C20H19BrFN3O2S/c1-3-25-19(27)15-10-14(21)8-9-17(15)23-20(25)28-12-18(26)24(2)11-13-6-4-5-7-16(13)22/h4-10H,3,11-12H2,1-2H3. The van der Waals surface area contributed by atoms with Crippen molar-refractivity contribution in [1.29, 1.82) is 0 Å². The number of fused-ring (bicyclic) bond motifs is 1. The van der Waals surface area contributed by atoms with Crippen LogP contribution in [0.3, 0.4) is 0 Å². The molecule has 1 heterocycles. The first-order valence-electron chi connectivity index (χ1n) is 8.71. The fourth-order valence-electron chi connectivity index (χ4n) is 2.77. The molecule has 0 unspecified atom stereocenters. The van der Waals surface area contributed by atoms with Crippen LogP contribution in [0.5, 0.6) is 0 Å². The number of nitrogens with zero attached hydrogens (tertiary/aromatic N) is 3. The predicted octanol–water partition coefficient (Wildman–Crippen LogP) is 4.07. The second-order valence-corrected chi connectivity index (χ2v) is 8.09. The molecular formula is C20H19BrFN3O2S. The molecule has 0 spiro atoms. The van der Waals surface area contributed by atoms with E-state index >= 15 is 0 Å². The van der Waals surface area contributed by atoms with Gasteiger partial charge in [-0.05, 0) is 31.2 Å². The summed E-state index contributed by atoms with van der Waals surface area (Å²) in [6, 6.07) is 11.7. The number of benzene rings is 2. The summed E-state index contributed by atoms with van der Waals surface area (Å²) in [5, 5.41) is 1.03. The third kappa shape index (κ3) is 4.44. The molecule has 3 rings (SSSR count). The third-order valence-corrected chi connectivity index (χ3v) is 5.77. The molecule has 0 aliphatic carbocycles. The highest BCUT2D eigenvalue weighted by atomic mass is 79.9. The van der Waals surface area contributed by atoms with E-state index in [1.807, 2.05) is 13.0 Å². The van der Waals surface area contributed by atoms with Crippen molar-refractivity contribution in [3.05, 3.63) is 68.7 Å². The summed E-state index contributed by atoms with van der Waals surface area (Å²) < 4.78 is 16.2. The highest BCUT2D eigenvalue weighted by Crippen LogP contribution is 2.21. The highest BCUT2D eigenvalue weighted by molar-refractivity contribution is 9.10. The van der Waals surface area contributed by atoms with Gasteiger partial charge in [-0.1, -0.05) is 45.9 Å². The Morgan fingerprint density at radius 3 is 2.75 bits per heavy atom. The first-order chi connectivity index (χ1) is 13.4. The Bertz CT molecular complexity index is 1090. The van der Waals surface area contributed by atoms with Crippen molar-refractivity contribution in [3.8, 4) is 0 Å². The van der Waals surface area contributed by atoms with Crippen LogP contribution in [0.1, 0.15) is 12.5 Å². The maximum Gasteiger partial charge on any atom is 0.262 e. The van der Waals surface area contributed by atoms with Gasteiger partial charge < -0.3 is 4.90 Å². The summed E-state index contributed by atoms with van der Waals surface area (Å²) in [5.41, 5.74) is 0.916. The Hall–Kier alpha value is -2.19. The van der Waals surface area contributed by atoms with Crippen molar-refractivity contribution in [2.24, 2.45) is 0 Å². The van der Waals surface area contributed by atoms with E-state index in [-0.39, 0.29) is 29.6 Å². The van der Waals surface area contributed by atoms with Crippen molar-refractivity contribution in [2.45, 2.75) is 25.2 Å². The Morgan fingerprint density at radius 2 is 2.04 bits per heavy atom. The monoisotopic (exact) mass is 463 g/mol.